The first-order valence-electron chi connectivity index (χ1n) is 9.69. The van der Waals surface area contributed by atoms with Crippen molar-refractivity contribution in [1.29, 1.82) is 0 Å². The number of nitrogens with one attached hydrogen (secondary N) is 1. The molecule has 5 aromatic rings. The van der Waals surface area contributed by atoms with Gasteiger partial charge in [-0.3, -0.25) is 14.5 Å². The van der Waals surface area contributed by atoms with Crippen molar-refractivity contribution in [2.75, 3.05) is 11.1 Å². The molecule has 154 valence electrons. The largest absolute Gasteiger partial charge is 0.382 e. The number of carbonyl (C=O) groups is 1. The smallest absolute Gasteiger partial charge is 0.258 e. The molecular formula is C22H19N7OS. The Bertz CT molecular complexity index is 1450. The Labute approximate surface area is 181 Å². The van der Waals surface area contributed by atoms with Gasteiger partial charge in [-0.05, 0) is 38.1 Å². The number of benzene rings is 1. The molecule has 0 unspecified atom stereocenters. The molecule has 31 heavy (non-hydrogen) atoms. The lowest BCUT2D eigenvalue weighted by Crippen LogP contribution is -2.12. The molecule has 3 N–H and O–H groups in total. The first kappa shape index (κ1) is 19.1. The average Bonchev–Trinajstić information content (AvgIpc) is 3.31. The normalized spacial score (nSPS) is 11.3. The summed E-state index contributed by atoms with van der Waals surface area (Å²) < 4.78 is 2.62. The fourth-order valence-electron chi connectivity index (χ4n) is 3.71. The number of nitrogen functional groups attached to an aromatic ring is 1. The van der Waals surface area contributed by atoms with Crippen molar-refractivity contribution >= 4 is 49.9 Å². The number of carbonyl (C=O) groups excluding carboxylic acids is 1. The van der Waals surface area contributed by atoms with E-state index in [1.54, 1.807) is 5.38 Å². The van der Waals surface area contributed by atoms with E-state index >= 15 is 0 Å². The zero-order chi connectivity index (χ0) is 21.5. The van der Waals surface area contributed by atoms with Crippen LogP contribution in [-0.2, 0) is 6.54 Å². The van der Waals surface area contributed by atoms with Gasteiger partial charge in [0.1, 0.15) is 12.1 Å². The summed E-state index contributed by atoms with van der Waals surface area (Å²) in [5, 5.41) is 10.4. The van der Waals surface area contributed by atoms with Crippen molar-refractivity contribution in [3.63, 3.8) is 0 Å². The average molecular weight is 430 g/mol. The topological polar surface area (TPSA) is 112 Å². The molecule has 0 aliphatic rings. The molecule has 5 rings (SSSR count). The zero-order valence-electron chi connectivity index (χ0n) is 17.0. The number of rotatable bonds is 4. The Hall–Kier alpha value is -3.85. The summed E-state index contributed by atoms with van der Waals surface area (Å²) in [6.07, 6.45) is 1.37. The van der Waals surface area contributed by atoms with E-state index in [2.05, 4.69) is 20.3 Å². The predicted molar refractivity (Wildman–Crippen MR) is 122 cm³/mol. The Balaban J connectivity index is 1.51. The van der Waals surface area contributed by atoms with Gasteiger partial charge in [0.05, 0.1) is 44.9 Å². The van der Waals surface area contributed by atoms with Gasteiger partial charge in [-0.15, -0.1) is 11.3 Å². The predicted octanol–water partition coefficient (Wildman–Crippen LogP) is 3.94. The third-order valence-corrected chi connectivity index (χ3v) is 6.08. The van der Waals surface area contributed by atoms with Crippen molar-refractivity contribution in [3.8, 4) is 0 Å². The van der Waals surface area contributed by atoms with Crippen LogP contribution in [0.1, 0.15) is 27.4 Å². The fourth-order valence-corrected chi connectivity index (χ4v) is 4.61. The van der Waals surface area contributed by atoms with Gasteiger partial charge in [-0.2, -0.15) is 5.10 Å². The van der Waals surface area contributed by atoms with Crippen LogP contribution in [0.5, 0.6) is 0 Å². The van der Waals surface area contributed by atoms with Crippen LogP contribution in [0.25, 0.3) is 21.1 Å². The molecule has 0 bridgehead atoms. The molecule has 0 radical (unpaired) electrons. The van der Waals surface area contributed by atoms with E-state index in [4.69, 9.17) is 10.8 Å². The summed E-state index contributed by atoms with van der Waals surface area (Å²) in [5.41, 5.74) is 11.3. The third kappa shape index (κ3) is 3.38. The second-order valence-electron chi connectivity index (χ2n) is 7.25. The van der Waals surface area contributed by atoms with Crippen LogP contribution in [0.15, 0.2) is 48.1 Å². The van der Waals surface area contributed by atoms with Crippen molar-refractivity contribution in [2.45, 2.75) is 20.4 Å². The molecule has 0 spiro atoms. The van der Waals surface area contributed by atoms with E-state index in [0.717, 1.165) is 28.0 Å². The summed E-state index contributed by atoms with van der Waals surface area (Å²) in [4.78, 5) is 25.8. The number of hydrogen-bond donors (Lipinski definition) is 2. The minimum absolute atomic E-state index is 0.246. The standard InChI is InChI=1S/C22H19N7OS/c1-12-5-3-6-14(26-12)9-29-17-8-4-7-16(18(17)13(2)28-29)27-22(30)15-10-31-20-19(15)24-11-25-21(20)23/h3-8,10-11H,9H2,1-2H3,(H,27,30)(H2,23,24,25). The summed E-state index contributed by atoms with van der Waals surface area (Å²) >= 11 is 1.36. The van der Waals surface area contributed by atoms with Gasteiger partial charge in [0.15, 0.2) is 0 Å². The summed E-state index contributed by atoms with van der Waals surface area (Å²) in [6.45, 7) is 4.46. The quantitative estimate of drug-likeness (QED) is 0.448. The third-order valence-electron chi connectivity index (χ3n) is 5.08. The molecule has 9 heteroatoms. The molecule has 1 aromatic carbocycles. The van der Waals surface area contributed by atoms with E-state index in [0.29, 0.717) is 33.8 Å². The number of pyridine rings is 1. The monoisotopic (exact) mass is 429 g/mol. The van der Waals surface area contributed by atoms with Crippen molar-refractivity contribution in [1.82, 2.24) is 24.7 Å². The van der Waals surface area contributed by atoms with Gasteiger partial charge >= 0.3 is 0 Å². The van der Waals surface area contributed by atoms with Crippen molar-refractivity contribution in [3.05, 3.63) is 70.8 Å². The van der Waals surface area contributed by atoms with Crippen molar-refractivity contribution < 1.29 is 4.79 Å². The summed E-state index contributed by atoms with van der Waals surface area (Å²) in [6, 6.07) is 11.7. The first-order chi connectivity index (χ1) is 15.0. The fraction of sp³-hybridized carbons (Fsp3) is 0.136. The molecule has 0 atom stereocenters. The number of aryl methyl sites for hydroxylation is 2. The van der Waals surface area contributed by atoms with Gasteiger partial charge in [0, 0.05) is 16.5 Å². The van der Waals surface area contributed by atoms with Crippen molar-refractivity contribution in [2.24, 2.45) is 0 Å². The molecule has 0 aliphatic heterocycles. The minimum Gasteiger partial charge on any atom is -0.382 e. The van der Waals surface area contributed by atoms with E-state index in [1.807, 2.05) is 54.9 Å². The second-order valence-corrected chi connectivity index (χ2v) is 8.13. The lowest BCUT2D eigenvalue weighted by Gasteiger charge is -2.08. The van der Waals surface area contributed by atoms with E-state index < -0.39 is 0 Å². The van der Waals surface area contributed by atoms with Crippen LogP contribution in [0.2, 0.25) is 0 Å². The molecule has 4 aromatic heterocycles. The first-order valence-corrected chi connectivity index (χ1v) is 10.6. The van der Waals surface area contributed by atoms with Crippen LogP contribution in [-0.4, -0.2) is 30.6 Å². The molecule has 1 amide bonds. The number of nitrogens with two attached hydrogens (primary N) is 1. The lowest BCUT2D eigenvalue weighted by atomic mass is 10.1. The summed E-state index contributed by atoms with van der Waals surface area (Å²) in [5.74, 6) is 0.127. The Morgan fingerprint density at radius 3 is 2.84 bits per heavy atom. The lowest BCUT2D eigenvalue weighted by molar-refractivity contribution is 0.102. The SMILES string of the molecule is Cc1cccc(Cn2nc(C)c3c(NC(=O)c4csc5c(N)ncnc45)cccc32)n1. The number of amides is 1. The molecule has 0 saturated carbocycles. The van der Waals surface area contributed by atoms with Crippen LogP contribution >= 0.6 is 11.3 Å². The highest BCUT2D eigenvalue weighted by Crippen LogP contribution is 2.30. The van der Waals surface area contributed by atoms with E-state index in [1.165, 1.54) is 17.7 Å². The van der Waals surface area contributed by atoms with Gasteiger partial charge in [0.2, 0.25) is 0 Å². The van der Waals surface area contributed by atoms with E-state index in [9.17, 15) is 4.79 Å². The zero-order valence-corrected chi connectivity index (χ0v) is 17.8. The van der Waals surface area contributed by atoms with Gasteiger partial charge < -0.3 is 11.1 Å². The highest BCUT2D eigenvalue weighted by Gasteiger charge is 2.18. The molecule has 0 aliphatic carbocycles. The van der Waals surface area contributed by atoms with Gasteiger partial charge in [-0.1, -0.05) is 12.1 Å². The number of anilines is 2. The Morgan fingerprint density at radius 2 is 2.00 bits per heavy atom. The molecule has 0 saturated heterocycles. The number of nitrogens with zero attached hydrogens (tertiary/aromatic N) is 5. The second kappa shape index (κ2) is 7.44. The highest BCUT2D eigenvalue weighted by atomic mass is 32.1. The molecular weight excluding hydrogens is 410 g/mol. The maximum absolute atomic E-state index is 13.0. The van der Waals surface area contributed by atoms with Crippen LogP contribution in [0.3, 0.4) is 0 Å². The van der Waals surface area contributed by atoms with E-state index in [-0.39, 0.29) is 5.91 Å². The maximum Gasteiger partial charge on any atom is 0.258 e. The van der Waals surface area contributed by atoms with Crippen LogP contribution in [0, 0.1) is 13.8 Å². The number of aromatic nitrogens is 5. The number of fused-ring (bicyclic) bond motifs is 2. The van der Waals surface area contributed by atoms with Gasteiger partial charge in [0.25, 0.3) is 5.91 Å². The summed E-state index contributed by atoms with van der Waals surface area (Å²) in [7, 11) is 0. The Kier molecular flexibility index (Phi) is 4.59. The number of hydrogen-bond acceptors (Lipinski definition) is 7. The maximum atomic E-state index is 13.0. The minimum atomic E-state index is -0.246. The van der Waals surface area contributed by atoms with Crippen LogP contribution in [0.4, 0.5) is 11.5 Å². The molecule has 0 fully saturated rings. The number of thiophene rings is 1. The Morgan fingerprint density at radius 1 is 1.16 bits per heavy atom. The van der Waals surface area contributed by atoms with Crippen LogP contribution < -0.4 is 11.1 Å². The highest BCUT2D eigenvalue weighted by molar-refractivity contribution is 7.18. The van der Waals surface area contributed by atoms with Gasteiger partial charge in [-0.25, -0.2) is 9.97 Å². The molecule has 4 heterocycles. The molecule has 8 nitrogen and oxygen atoms in total.